The Morgan fingerprint density at radius 1 is 1.30 bits per heavy atom. The third-order valence-electron chi connectivity index (χ3n) is 4.29. The van der Waals surface area contributed by atoms with Gasteiger partial charge in [-0.3, -0.25) is 19.6 Å². The summed E-state index contributed by atoms with van der Waals surface area (Å²) in [6, 6.07) is 8.09. The van der Waals surface area contributed by atoms with E-state index in [2.05, 4.69) is 11.2 Å². The van der Waals surface area contributed by atoms with Gasteiger partial charge in [0.1, 0.15) is 17.9 Å². The van der Waals surface area contributed by atoms with E-state index in [0.29, 0.717) is 24.5 Å². The smallest absolute Gasteiger partial charge is 0.312 e. The zero-order valence-corrected chi connectivity index (χ0v) is 13.2. The van der Waals surface area contributed by atoms with Crippen LogP contribution in [0.3, 0.4) is 0 Å². The highest BCUT2D eigenvalue weighted by Gasteiger charge is 2.25. The van der Waals surface area contributed by atoms with E-state index in [0.717, 1.165) is 12.0 Å². The molecular weight excluding hydrogens is 296 g/mol. The van der Waals surface area contributed by atoms with E-state index in [4.69, 9.17) is 0 Å². The summed E-state index contributed by atoms with van der Waals surface area (Å²) in [5.41, 5.74) is 3.18. The molecule has 7 heteroatoms. The normalized spacial score (nSPS) is 13.7. The standard InChI is InChI=1S/C16H18N4O3/c1-11-16(20(22)23)12(2)19(17-11)10-15(21)18-8-7-13-5-3-4-6-14(13)9-18/h3-6H,7-10H2,1-2H3. The highest BCUT2D eigenvalue weighted by molar-refractivity contribution is 5.76. The second-order valence-electron chi connectivity index (χ2n) is 5.77. The van der Waals surface area contributed by atoms with Crippen molar-refractivity contribution in [2.24, 2.45) is 0 Å². The van der Waals surface area contributed by atoms with Gasteiger partial charge in [-0.1, -0.05) is 24.3 Å². The molecule has 2 heterocycles. The van der Waals surface area contributed by atoms with Crippen LogP contribution in [-0.2, 0) is 24.3 Å². The zero-order chi connectivity index (χ0) is 16.6. The molecule has 0 saturated heterocycles. The molecule has 3 rings (SSSR count). The molecule has 120 valence electrons. The van der Waals surface area contributed by atoms with E-state index >= 15 is 0 Å². The molecule has 0 saturated carbocycles. The monoisotopic (exact) mass is 314 g/mol. The summed E-state index contributed by atoms with van der Waals surface area (Å²) in [6.45, 7) is 4.48. The number of hydrogen-bond acceptors (Lipinski definition) is 4. The van der Waals surface area contributed by atoms with Gasteiger partial charge in [-0.2, -0.15) is 5.10 Å². The second-order valence-corrected chi connectivity index (χ2v) is 5.77. The number of amides is 1. The van der Waals surface area contributed by atoms with Crippen LogP contribution < -0.4 is 0 Å². The average molecular weight is 314 g/mol. The third kappa shape index (κ3) is 2.81. The molecule has 0 spiro atoms. The summed E-state index contributed by atoms with van der Waals surface area (Å²) < 4.78 is 1.43. The Labute approximate surface area is 133 Å². The van der Waals surface area contributed by atoms with Crippen LogP contribution in [0, 0.1) is 24.0 Å². The van der Waals surface area contributed by atoms with Crippen LogP contribution in [0.5, 0.6) is 0 Å². The van der Waals surface area contributed by atoms with Crippen LogP contribution in [0.15, 0.2) is 24.3 Å². The maximum Gasteiger partial charge on any atom is 0.312 e. The lowest BCUT2D eigenvalue weighted by molar-refractivity contribution is -0.386. The van der Waals surface area contributed by atoms with E-state index in [1.807, 2.05) is 18.2 Å². The van der Waals surface area contributed by atoms with Crippen LogP contribution in [0.25, 0.3) is 0 Å². The lowest BCUT2D eigenvalue weighted by Crippen LogP contribution is -2.38. The van der Waals surface area contributed by atoms with Crippen LogP contribution in [0.1, 0.15) is 22.5 Å². The summed E-state index contributed by atoms with van der Waals surface area (Å²) in [5.74, 6) is -0.0694. The first kappa shape index (κ1) is 15.2. The quantitative estimate of drug-likeness (QED) is 0.641. The fourth-order valence-electron chi connectivity index (χ4n) is 3.04. The summed E-state index contributed by atoms with van der Waals surface area (Å²) in [4.78, 5) is 24.9. The highest BCUT2D eigenvalue weighted by atomic mass is 16.6. The number of rotatable bonds is 3. The van der Waals surface area contributed by atoms with Crippen molar-refractivity contribution in [3.63, 3.8) is 0 Å². The molecule has 7 nitrogen and oxygen atoms in total. The van der Waals surface area contributed by atoms with Gasteiger partial charge in [0.2, 0.25) is 5.91 Å². The molecule has 0 radical (unpaired) electrons. The molecule has 1 aliphatic heterocycles. The van der Waals surface area contributed by atoms with Gasteiger partial charge < -0.3 is 4.90 Å². The van der Waals surface area contributed by atoms with E-state index in [1.165, 1.54) is 10.2 Å². The molecule has 0 aliphatic carbocycles. The van der Waals surface area contributed by atoms with E-state index in [9.17, 15) is 14.9 Å². The van der Waals surface area contributed by atoms with E-state index < -0.39 is 4.92 Å². The summed E-state index contributed by atoms with van der Waals surface area (Å²) in [7, 11) is 0. The maximum absolute atomic E-state index is 12.5. The molecule has 0 unspecified atom stereocenters. The van der Waals surface area contributed by atoms with Crippen molar-refractivity contribution < 1.29 is 9.72 Å². The first-order valence-electron chi connectivity index (χ1n) is 7.50. The van der Waals surface area contributed by atoms with E-state index in [1.54, 1.807) is 18.7 Å². The van der Waals surface area contributed by atoms with Gasteiger partial charge >= 0.3 is 5.69 Å². The number of aromatic nitrogens is 2. The SMILES string of the molecule is Cc1nn(CC(=O)N2CCc3ccccc3C2)c(C)c1[N+](=O)[O-]. The summed E-state index contributed by atoms with van der Waals surface area (Å²) in [6.07, 6.45) is 0.833. The Morgan fingerprint density at radius 2 is 2.00 bits per heavy atom. The number of carbonyl (C=O) groups is 1. The predicted octanol–water partition coefficient (Wildman–Crippen LogP) is 1.99. The van der Waals surface area contributed by atoms with Gasteiger partial charge in [0, 0.05) is 13.1 Å². The molecule has 2 aromatic rings. The fraction of sp³-hybridized carbons (Fsp3) is 0.375. The predicted molar refractivity (Wildman–Crippen MR) is 83.9 cm³/mol. The second kappa shape index (κ2) is 5.83. The minimum atomic E-state index is -0.449. The van der Waals surface area contributed by atoms with Gasteiger partial charge in [0.25, 0.3) is 0 Å². The Kier molecular flexibility index (Phi) is 3.85. The molecule has 0 bridgehead atoms. The molecule has 0 atom stereocenters. The van der Waals surface area contributed by atoms with Crippen molar-refractivity contribution in [1.82, 2.24) is 14.7 Å². The van der Waals surface area contributed by atoms with Crippen molar-refractivity contribution in [3.8, 4) is 0 Å². The van der Waals surface area contributed by atoms with Crippen LogP contribution in [-0.4, -0.2) is 32.1 Å². The molecule has 0 fully saturated rings. The molecule has 0 N–H and O–H groups in total. The number of aryl methyl sites for hydroxylation is 1. The Morgan fingerprint density at radius 3 is 2.65 bits per heavy atom. The van der Waals surface area contributed by atoms with Gasteiger partial charge in [-0.15, -0.1) is 0 Å². The van der Waals surface area contributed by atoms with Crippen molar-refractivity contribution in [2.75, 3.05) is 6.54 Å². The van der Waals surface area contributed by atoms with Gasteiger partial charge in [0.05, 0.1) is 4.92 Å². The lowest BCUT2D eigenvalue weighted by atomic mass is 10.00. The first-order chi connectivity index (χ1) is 11.0. The Bertz CT molecular complexity index is 782. The maximum atomic E-state index is 12.5. The number of carbonyl (C=O) groups excluding carboxylic acids is 1. The summed E-state index contributed by atoms with van der Waals surface area (Å²) in [5, 5.41) is 15.2. The Balaban J connectivity index is 1.76. The summed E-state index contributed by atoms with van der Waals surface area (Å²) >= 11 is 0. The van der Waals surface area contributed by atoms with Gasteiger partial charge in [-0.25, -0.2) is 0 Å². The lowest BCUT2D eigenvalue weighted by Gasteiger charge is -2.29. The molecular formula is C16H18N4O3. The van der Waals surface area contributed by atoms with Crippen molar-refractivity contribution in [1.29, 1.82) is 0 Å². The number of nitrogens with zero attached hydrogens (tertiary/aromatic N) is 4. The minimum Gasteiger partial charge on any atom is -0.336 e. The first-order valence-corrected chi connectivity index (χ1v) is 7.50. The molecule has 1 aromatic heterocycles. The molecule has 1 aromatic carbocycles. The van der Waals surface area contributed by atoms with Crippen LogP contribution in [0.2, 0.25) is 0 Å². The van der Waals surface area contributed by atoms with Gasteiger partial charge in [-0.05, 0) is 31.4 Å². The Hall–Kier alpha value is -2.70. The highest BCUT2D eigenvalue weighted by Crippen LogP contribution is 2.23. The molecule has 23 heavy (non-hydrogen) atoms. The number of hydrogen-bond donors (Lipinski definition) is 0. The third-order valence-corrected chi connectivity index (χ3v) is 4.29. The van der Waals surface area contributed by atoms with Gasteiger partial charge in [0.15, 0.2) is 0 Å². The average Bonchev–Trinajstić information content (AvgIpc) is 2.80. The molecule has 1 aliphatic rings. The fourth-order valence-corrected chi connectivity index (χ4v) is 3.04. The topological polar surface area (TPSA) is 81.3 Å². The van der Waals surface area contributed by atoms with Crippen LogP contribution in [0.4, 0.5) is 5.69 Å². The van der Waals surface area contributed by atoms with Crippen LogP contribution >= 0.6 is 0 Å². The number of benzene rings is 1. The number of nitro groups is 1. The number of fused-ring (bicyclic) bond motifs is 1. The van der Waals surface area contributed by atoms with Crippen molar-refractivity contribution in [2.45, 2.75) is 33.4 Å². The largest absolute Gasteiger partial charge is 0.336 e. The minimum absolute atomic E-state index is 0.0122. The van der Waals surface area contributed by atoms with E-state index in [-0.39, 0.29) is 18.1 Å². The molecule has 1 amide bonds. The zero-order valence-electron chi connectivity index (χ0n) is 13.2. The van der Waals surface area contributed by atoms with Crippen molar-refractivity contribution >= 4 is 11.6 Å². The van der Waals surface area contributed by atoms with Crippen molar-refractivity contribution in [3.05, 3.63) is 56.9 Å².